The van der Waals surface area contributed by atoms with Crippen LogP contribution in [0.4, 0.5) is 0 Å². The van der Waals surface area contributed by atoms with Crippen LogP contribution in [0.5, 0.6) is 0 Å². The van der Waals surface area contributed by atoms with Crippen LogP contribution in [-0.2, 0) is 16.2 Å². The highest BCUT2D eigenvalue weighted by Crippen LogP contribution is 2.39. The van der Waals surface area contributed by atoms with Crippen LogP contribution in [-0.4, -0.2) is 25.9 Å². The summed E-state index contributed by atoms with van der Waals surface area (Å²) in [4.78, 5) is 11.7. The van der Waals surface area contributed by atoms with E-state index in [1.807, 2.05) is 37.2 Å². The summed E-state index contributed by atoms with van der Waals surface area (Å²) >= 11 is -1.18. The molecule has 0 aromatic carbocycles. The van der Waals surface area contributed by atoms with Gasteiger partial charge in [0, 0.05) is 22.5 Å². The molecule has 2 atom stereocenters. The Balaban J connectivity index is 2.34. The van der Waals surface area contributed by atoms with Crippen LogP contribution in [0.15, 0.2) is 34.7 Å². The number of furan rings is 1. The van der Waals surface area contributed by atoms with Gasteiger partial charge in [-0.3, -0.25) is 4.79 Å². The highest BCUT2D eigenvalue weighted by Gasteiger charge is 2.43. The molecule has 1 aliphatic heterocycles. The number of hydrogen-bond donors (Lipinski definition) is 0. The molecule has 2 heterocycles. The average Bonchev–Trinajstić information content (AvgIpc) is 2.94. The largest absolute Gasteiger partial charge is 0.597 e. The van der Waals surface area contributed by atoms with E-state index < -0.39 is 11.4 Å². The lowest BCUT2D eigenvalue weighted by molar-refractivity contribution is -0.114. The van der Waals surface area contributed by atoms with Gasteiger partial charge in [0.2, 0.25) is 0 Å². The van der Waals surface area contributed by atoms with Crippen molar-refractivity contribution in [2.24, 2.45) is 0 Å². The molecule has 104 valence electrons. The summed E-state index contributed by atoms with van der Waals surface area (Å²) in [5.41, 5.74) is 1.57. The zero-order chi connectivity index (χ0) is 14.2. The predicted molar refractivity (Wildman–Crippen MR) is 74.8 cm³/mol. The summed E-state index contributed by atoms with van der Waals surface area (Å²) in [6.45, 7) is 7.86. The van der Waals surface area contributed by atoms with Gasteiger partial charge in [-0.1, -0.05) is 6.08 Å². The topological polar surface area (TPSA) is 56.5 Å². The number of hydrogen-bond acceptors (Lipinski definition) is 4. The van der Waals surface area contributed by atoms with Gasteiger partial charge in [0.1, 0.15) is 10.8 Å². The molecular weight excluding hydrogens is 262 g/mol. The van der Waals surface area contributed by atoms with E-state index in [-0.39, 0.29) is 16.6 Å². The molecule has 1 aliphatic rings. The standard InChI is InChI=1S/C14H19NO3S/c1-10(16)12-5-7-15(19(17)14(2,3)4)13(12)11-6-8-18-9-11/h5-6,8-9,13H,7H2,1-4H3/t13-,19?/m0/s1. The van der Waals surface area contributed by atoms with E-state index in [1.165, 1.54) is 0 Å². The number of rotatable bonds is 3. The maximum Gasteiger partial charge on any atom is 0.157 e. The first kappa shape index (κ1) is 14.4. The highest BCUT2D eigenvalue weighted by atomic mass is 32.2. The van der Waals surface area contributed by atoms with Gasteiger partial charge in [0.25, 0.3) is 0 Å². The fourth-order valence-corrected chi connectivity index (χ4v) is 3.53. The minimum Gasteiger partial charge on any atom is -0.597 e. The second-order valence-corrected chi connectivity index (χ2v) is 7.83. The molecule has 19 heavy (non-hydrogen) atoms. The molecule has 0 spiro atoms. The van der Waals surface area contributed by atoms with Gasteiger partial charge < -0.3 is 8.97 Å². The van der Waals surface area contributed by atoms with E-state index in [1.54, 1.807) is 19.5 Å². The van der Waals surface area contributed by atoms with Crippen LogP contribution < -0.4 is 0 Å². The van der Waals surface area contributed by atoms with Gasteiger partial charge in [-0.15, -0.1) is 4.31 Å². The molecule has 0 amide bonds. The Morgan fingerprint density at radius 3 is 2.68 bits per heavy atom. The molecule has 0 saturated heterocycles. The summed E-state index contributed by atoms with van der Waals surface area (Å²) < 4.78 is 19.2. The van der Waals surface area contributed by atoms with Crippen molar-refractivity contribution in [3.8, 4) is 0 Å². The van der Waals surface area contributed by atoms with Gasteiger partial charge in [-0.2, -0.15) is 0 Å². The van der Waals surface area contributed by atoms with E-state index in [2.05, 4.69) is 0 Å². The van der Waals surface area contributed by atoms with Crippen molar-refractivity contribution in [1.29, 1.82) is 0 Å². The smallest absolute Gasteiger partial charge is 0.157 e. The summed E-state index contributed by atoms with van der Waals surface area (Å²) in [5, 5.41) is 0. The van der Waals surface area contributed by atoms with E-state index in [0.717, 1.165) is 5.56 Å². The van der Waals surface area contributed by atoms with E-state index in [9.17, 15) is 9.35 Å². The molecule has 5 heteroatoms. The number of carbonyl (C=O) groups excluding carboxylic acids is 1. The molecule has 0 aliphatic carbocycles. The quantitative estimate of drug-likeness (QED) is 0.799. The molecule has 0 bridgehead atoms. The zero-order valence-corrected chi connectivity index (χ0v) is 12.5. The Morgan fingerprint density at radius 2 is 2.21 bits per heavy atom. The van der Waals surface area contributed by atoms with E-state index in [4.69, 9.17) is 4.42 Å². The van der Waals surface area contributed by atoms with Crippen molar-refractivity contribution >= 4 is 17.1 Å². The van der Waals surface area contributed by atoms with Crippen LogP contribution in [0.2, 0.25) is 0 Å². The molecule has 0 N–H and O–H groups in total. The normalized spacial score (nSPS) is 22.4. The summed E-state index contributed by atoms with van der Waals surface area (Å²) in [6.07, 6.45) is 5.05. The minimum absolute atomic E-state index is 0.0135. The summed E-state index contributed by atoms with van der Waals surface area (Å²) in [7, 11) is 0. The van der Waals surface area contributed by atoms with Crippen LogP contribution in [0.25, 0.3) is 0 Å². The maximum atomic E-state index is 12.6. The first-order valence-corrected chi connectivity index (χ1v) is 7.35. The molecule has 1 aromatic heterocycles. The first-order valence-electron chi connectivity index (χ1n) is 6.24. The Bertz CT molecular complexity index is 487. The van der Waals surface area contributed by atoms with Gasteiger partial charge >= 0.3 is 0 Å². The first-order chi connectivity index (χ1) is 8.82. The Morgan fingerprint density at radius 1 is 1.53 bits per heavy atom. The lowest BCUT2D eigenvalue weighted by atomic mass is 10.0. The summed E-state index contributed by atoms with van der Waals surface area (Å²) in [5.74, 6) is 0.0135. The van der Waals surface area contributed by atoms with Gasteiger partial charge in [-0.05, 0) is 33.8 Å². The number of carbonyl (C=O) groups is 1. The number of Topliss-reactive ketones (excluding diaryl/α,β-unsaturated/α-hetero) is 1. The third-order valence-corrected chi connectivity index (χ3v) is 4.91. The molecule has 0 radical (unpaired) electrons. The van der Waals surface area contributed by atoms with Crippen molar-refractivity contribution in [2.45, 2.75) is 38.5 Å². The van der Waals surface area contributed by atoms with Crippen molar-refractivity contribution in [2.75, 3.05) is 6.54 Å². The third kappa shape index (κ3) is 2.78. The van der Waals surface area contributed by atoms with Crippen LogP contribution in [0.3, 0.4) is 0 Å². The van der Waals surface area contributed by atoms with Crippen molar-refractivity contribution in [3.63, 3.8) is 0 Å². The Labute approximate surface area is 116 Å². The molecule has 4 nitrogen and oxygen atoms in total. The van der Waals surface area contributed by atoms with Crippen molar-refractivity contribution in [1.82, 2.24) is 4.31 Å². The fourth-order valence-electron chi connectivity index (χ4n) is 2.19. The summed E-state index contributed by atoms with van der Waals surface area (Å²) in [6, 6.07) is 1.55. The van der Waals surface area contributed by atoms with E-state index in [0.29, 0.717) is 12.1 Å². The van der Waals surface area contributed by atoms with Crippen LogP contribution >= 0.6 is 0 Å². The molecular formula is C14H19NO3S. The van der Waals surface area contributed by atoms with Crippen LogP contribution in [0.1, 0.15) is 39.3 Å². The molecule has 1 aromatic rings. The lowest BCUT2D eigenvalue weighted by Crippen LogP contribution is -2.43. The molecule has 1 unspecified atom stereocenters. The molecule has 2 rings (SSSR count). The van der Waals surface area contributed by atoms with Gasteiger partial charge in [0.15, 0.2) is 5.78 Å². The van der Waals surface area contributed by atoms with Crippen LogP contribution in [0, 0.1) is 0 Å². The van der Waals surface area contributed by atoms with E-state index >= 15 is 0 Å². The second kappa shape index (κ2) is 5.15. The predicted octanol–water partition coefficient (Wildman–Crippen LogP) is 2.61. The van der Waals surface area contributed by atoms with Gasteiger partial charge in [0.05, 0.1) is 19.1 Å². The van der Waals surface area contributed by atoms with Crippen molar-refractivity contribution < 1.29 is 13.8 Å². The highest BCUT2D eigenvalue weighted by molar-refractivity contribution is 7.90. The third-order valence-electron chi connectivity index (χ3n) is 3.08. The van der Waals surface area contributed by atoms with Crippen molar-refractivity contribution in [3.05, 3.63) is 35.8 Å². The lowest BCUT2D eigenvalue weighted by Gasteiger charge is -2.33. The SMILES string of the molecule is CC(=O)C1=CCN([S+]([O-])C(C)(C)C)[C@H]1c1ccoc1. The second-order valence-electron chi connectivity index (χ2n) is 5.64. The minimum atomic E-state index is -1.18. The average molecular weight is 281 g/mol. The maximum absolute atomic E-state index is 12.6. The van der Waals surface area contributed by atoms with Gasteiger partial charge in [-0.25, -0.2) is 0 Å². The fraction of sp³-hybridized carbons (Fsp3) is 0.500. The Kier molecular flexibility index (Phi) is 3.90. The molecule has 0 fully saturated rings. The number of nitrogens with zero attached hydrogens (tertiary/aromatic N) is 1. The number of ketones is 1. The monoisotopic (exact) mass is 281 g/mol. The Hall–Kier alpha value is -1.04. The zero-order valence-electron chi connectivity index (χ0n) is 11.7. The molecule has 0 saturated carbocycles.